The molecule has 2 aromatic heterocycles. The minimum Gasteiger partial charge on any atom is -0.507 e. The predicted molar refractivity (Wildman–Crippen MR) is 135 cm³/mol. The fourth-order valence-electron chi connectivity index (χ4n) is 4.55. The summed E-state index contributed by atoms with van der Waals surface area (Å²) in [4.78, 5) is 13.5. The summed E-state index contributed by atoms with van der Waals surface area (Å²) in [5.74, 6) is 0.136. The fourth-order valence-corrected chi connectivity index (χ4v) is 4.55. The van der Waals surface area contributed by atoms with Gasteiger partial charge >= 0.3 is 0 Å². The Kier molecular flexibility index (Phi) is 6.05. The van der Waals surface area contributed by atoms with Crippen molar-refractivity contribution in [3.63, 3.8) is 0 Å². The lowest BCUT2D eigenvalue weighted by Gasteiger charge is -2.33. The van der Waals surface area contributed by atoms with Crippen LogP contribution in [0.2, 0.25) is 0 Å². The maximum atomic E-state index is 11.1. The molecule has 0 unspecified atom stereocenters. The monoisotopic (exact) mass is 469 g/mol. The van der Waals surface area contributed by atoms with Crippen molar-refractivity contribution in [2.45, 2.75) is 25.3 Å². The number of primary amides is 1. The van der Waals surface area contributed by atoms with Crippen LogP contribution in [0, 0.1) is 0 Å². The van der Waals surface area contributed by atoms with E-state index in [0.29, 0.717) is 17.1 Å². The van der Waals surface area contributed by atoms with Crippen LogP contribution in [0.3, 0.4) is 0 Å². The number of nitrogen functional groups attached to an aromatic ring is 1. The number of anilines is 2. The van der Waals surface area contributed by atoms with E-state index in [1.54, 1.807) is 24.4 Å². The van der Waals surface area contributed by atoms with Crippen LogP contribution in [-0.4, -0.2) is 44.1 Å². The molecule has 3 heterocycles. The quantitative estimate of drug-likeness (QED) is 0.394. The SMILES string of the molecule is NC(=O)Cc1ccc(N2CCC(n3cc(-c4cc(-c5ccccc5O)nnc4N)cn3)CC2)cc1. The first-order valence-electron chi connectivity index (χ1n) is 11.6. The highest BCUT2D eigenvalue weighted by Gasteiger charge is 2.22. The van der Waals surface area contributed by atoms with Gasteiger partial charge in [-0.2, -0.15) is 5.10 Å². The Bertz CT molecular complexity index is 1340. The maximum absolute atomic E-state index is 11.1. The summed E-state index contributed by atoms with van der Waals surface area (Å²) >= 11 is 0. The number of phenolic OH excluding ortho intramolecular Hbond substituents is 1. The van der Waals surface area contributed by atoms with Crippen LogP contribution in [0.15, 0.2) is 67.0 Å². The number of aromatic hydroxyl groups is 1. The number of rotatable bonds is 6. The van der Waals surface area contributed by atoms with Crippen molar-refractivity contribution in [2.75, 3.05) is 23.7 Å². The number of para-hydroxylation sites is 1. The Morgan fingerprint density at radius 2 is 1.77 bits per heavy atom. The molecular weight excluding hydrogens is 442 g/mol. The third kappa shape index (κ3) is 4.79. The van der Waals surface area contributed by atoms with Crippen molar-refractivity contribution < 1.29 is 9.90 Å². The minimum atomic E-state index is -0.323. The van der Waals surface area contributed by atoms with Gasteiger partial charge < -0.3 is 21.5 Å². The fraction of sp³-hybridized carbons (Fsp3) is 0.231. The average Bonchev–Trinajstić information content (AvgIpc) is 3.35. The van der Waals surface area contributed by atoms with E-state index in [-0.39, 0.29) is 24.1 Å². The third-order valence-electron chi connectivity index (χ3n) is 6.43. The first-order valence-corrected chi connectivity index (χ1v) is 11.6. The van der Waals surface area contributed by atoms with Gasteiger partial charge in [-0.3, -0.25) is 9.48 Å². The molecule has 0 spiro atoms. The maximum Gasteiger partial charge on any atom is 0.221 e. The number of carbonyl (C=O) groups excluding carboxylic acids is 1. The standard InChI is InChI=1S/C26H27N7O2/c27-25(35)13-17-5-7-19(8-6-17)32-11-9-20(10-12-32)33-16-18(15-29-33)22-14-23(30-31-26(22)28)21-3-1-2-4-24(21)34/h1-8,14-16,20,34H,9-13H2,(H2,27,35)(H2,28,31). The van der Waals surface area contributed by atoms with Gasteiger partial charge in [0.25, 0.3) is 0 Å². The van der Waals surface area contributed by atoms with E-state index >= 15 is 0 Å². The van der Waals surface area contributed by atoms with E-state index in [1.807, 2.05) is 47.3 Å². The predicted octanol–water partition coefficient (Wildman–Crippen LogP) is 3.16. The summed E-state index contributed by atoms with van der Waals surface area (Å²) in [5, 5.41) is 23.1. The Hall–Kier alpha value is -4.40. The molecule has 0 radical (unpaired) electrons. The summed E-state index contributed by atoms with van der Waals surface area (Å²) in [6.07, 6.45) is 5.97. The highest BCUT2D eigenvalue weighted by molar-refractivity contribution is 5.78. The van der Waals surface area contributed by atoms with Crippen LogP contribution >= 0.6 is 0 Å². The van der Waals surface area contributed by atoms with E-state index in [0.717, 1.165) is 48.3 Å². The molecule has 1 aliphatic rings. The summed E-state index contributed by atoms with van der Waals surface area (Å²) in [6, 6.07) is 17.1. The summed E-state index contributed by atoms with van der Waals surface area (Å²) in [6.45, 7) is 1.82. The molecule has 5 N–H and O–H groups in total. The molecule has 9 nitrogen and oxygen atoms in total. The molecule has 9 heteroatoms. The van der Waals surface area contributed by atoms with Crippen LogP contribution in [-0.2, 0) is 11.2 Å². The number of nitrogens with zero attached hydrogens (tertiary/aromatic N) is 5. The number of phenols is 1. The lowest BCUT2D eigenvalue weighted by Crippen LogP contribution is -2.34. The molecule has 4 aromatic rings. The molecule has 0 atom stereocenters. The molecule has 1 aliphatic heterocycles. The number of aromatic nitrogens is 4. The first-order chi connectivity index (χ1) is 17.0. The molecule has 2 aromatic carbocycles. The lowest BCUT2D eigenvalue weighted by molar-refractivity contribution is -0.117. The highest BCUT2D eigenvalue weighted by atomic mass is 16.3. The van der Waals surface area contributed by atoms with Crippen molar-refractivity contribution in [3.05, 3.63) is 72.6 Å². The minimum absolute atomic E-state index is 0.141. The molecule has 35 heavy (non-hydrogen) atoms. The largest absolute Gasteiger partial charge is 0.507 e. The van der Waals surface area contributed by atoms with E-state index in [1.165, 1.54) is 0 Å². The van der Waals surface area contributed by atoms with Crippen LogP contribution in [0.5, 0.6) is 5.75 Å². The molecule has 1 amide bonds. The van der Waals surface area contributed by atoms with Gasteiger partial charge in [0.2, 0.25) is 5.91 Å². The van der Waals surface area contributed by atoms with Gasteiger partial charge in [-0.25, -0.2) is 0 Å². The van der Waals surface area contributed by atoms with Crippen LogP contribution in [0.25, 0.3) is 22.4 Å². The Morgan fingerprint density at radius 1 is 1.03 bits per heavy atom. The number of nitrogens with two attached hydrogens (primary N) is 2. The van der Waals surface area contributed by atoms with Gasteiger partial charge in [0.1, 0.15) is 5.75 Å². The van der Waals surface area contributed by atoms with Crippen LogP contribution in [0.4, 0.5) is 11.5 Å². The summed E-state index contributed by atoms with van der Waals surface area (Å²) in [5.41, 5.74) is 16.2. The van der Waals surface area contributed by atoms with Gasteiger partial charge in [0.15, 0.2) is 5.82 Å². The van der Waals surface area contributed by atoms with Crippen LogP contribution < -0.4 is 16.4 Å². The second-order valence-corrected chi connectivity index (χ2v) is 8.78. The summed E-state index contributed by atoms with van der Waals surface area (Å²) < 4.78 is 2.00. The highest BCUT2D eigenvalue weighted by Crippen LogP contribution is 2.33. The molecule has 0 bridgehead atoms. The average molecular weight is 470 g/mol. The second-order valence-electron chi connectivity index (χ2n) is 8.78. The van der Waals surface area contributed by atoms with Crippen molar-refractivity contribution in [2.24, 2.45) is 5.73 Å². The number of hydrogen-bond acceptors (Lipinski definition) is 7. The lowest BCUT2D eigenvalue weighted by atomic mass is 10.0. The number of amides is 1. The summed E-state index contributed by atoms with van der Waals surface area (Å²) in [7, 11) is 0. The Morgan fingerprint density at radius 3 is 2.49 bits per heavy atom. The molecule has 1 saturated heterocycles. The van der Waals surface area contributed by atoms with Gasteiger partial charge in [0.05, 0.1) is 24.4 Å². The Balaban J connectivity index is 1.28. The van der Waals surface area contributed by atoms with Crippen molar-refractivity contribution >= 4 is 17.4 Å². The zero-order valence-electron chi connectivity index (χ0n) is 19.2. The van der Waals surface area contributed by atoms with Crippen molar-refractivity contribution in [1.82, 2.24) is 20.0 Å². The third-order valence-corrected chi connectivity index (χ3v) is 6.43. The molecule has 1 fully saturated rings. The van der Waals surface area contributed by atoms with Gasteiger partial charge in [-0.15, -0.1) is 10.2 Å². The zero-order valence-corrected chi connectivity index (χ0v) is 19.2. The smallest absolute Gasteiger partial charge is 0.221 e. The first kappa shape index (κ1) is 22.4. The van der Waals surface area contributed by atoms with E-state index in [4.69, 9.17) is 11.5 Å². The number of benzene rings is 2. The number of hydrogen-bond donors (Lipinski definition) is 3. The molecular formula is C26H27N7O2. The number of piperidine rings is 1. The van der Waals surface area contributed by atoms with E-state index < -0.39 is 0 Å². The molecule has 0 saturated carbocycles. The van der Waals surface area contributed by atoms with Gasteiger partial charge in [-0.1, -0.05) is 24.3 Å². The van der Waals surface area contributed by atoms with Gasteiger partial charge in [-0.05, 0) is 48.7 Å². The van der Waals surface area contributed by atoms with Crippen molar-refractivity contribution in [3.8, 4) is 28.1 Å². The molecule has 5 rings (SSSR count). The van der Waals surface area contributed by atoms with Crippen LogP contribution in [0.1, 0.15) is 24.4 Å². The topological polar surface area (TPSA) is 136 Å². The second kappa shape index (κ2) is 9.46. The number of carbonyl (C=O) groups is 1. The normalized spacial score (nSPS) is 14.2. The molecule has 0 aliphatic carbocycles. The van der Waals surface area contributed by atoms with Crippen molar-refractivity contribution in [1.29, 1.82) is 0 Å². The van der Waals surface area contributed by atoms with E-state index in [9.17, 15) is 9.90 Å². The molecule has 178 valence electrons. The van der Waals surface area contributed by atoms with Gasteiger partial charge in [0, 0.05) is 41.7 Å². The Labute approximate surface area is 203 Å². The van der Waals surface area contributed by atoms with E-state index in [2.05, 4.69) is 20.2 Å². The zero-order chi connectivity index (χ0) is 24.4.